The molecule has 0 saturated carbocycles. The van der Waals surface area contributed by atoms with E-state index in [1.165, 1.54) is 0 Å². The number of nitrogens with one attached hydrogen (secondary N) is 1. The van der Waals surface area contributed by atoms with Crippen molar-refractivity contribution in [1.82, 2.24) is 10.5 Å². The Bertz CT molecular complexity index is 412. The van der Waals surface area contributed by atoms with E-state index in [4.69, 9.17) is 4.52 Å². The topological polar surface area (TPSA) is 58.3 Å². The number of aromatic hydroxyl groups is 1. The first-order chi connectivity index (χ1) is 7.34. The van der Waals surface area contributed by atoms with Crippen LogP contribution in [0.1, 0.15) is 11.3 Å². The van der Waals surface area contributed by atoms with Gasteiger partial charge in [-0.2, -0.15) is 0 Å². The molecule has 4 heteroatoms. The zero-order chi connectivity index (χ0) is 10.5. The van der Waals surface area contributed by atoms with E-state index in [1.807, 2.05) is 18.2 Å². The van der Waals surface area contributed by atoms with Crippen LogP contribution in [0.3, 0.4) is 0 Å². The molecule has 1 aromatic carbocycles. The summed E-state index contributed by atoms with van der Waals surface area (Å²) in [5.74, 6) is 1.09. The summed E-state index contributed by atoms with van der Waals surface area (Å²) in [6.07, 6.45) is 1.62. The summed E-state index contributed by atoms with van der Waals surface area (Å²) in [6, 6.07) is 8.97. The van der Waals surface area contributed by atoms with E-state index in [1.54, 1.807) is 18.3 Å². The number of rotatable bonds is 4. The van der Waals surface area contributed by atoms with Gasteiger partial charge in [0.1, 0.15) is 11.5 Å². The molecule has 0 saturated heterocycles. The van der Waals surface area contributed by atoms with E-state index < -0.39 is 0 Å². The van der Waals surface area contributed by atoms with Gasteiger partial charge in [-0.1, -0.05) is 17.3 Å². The predicted octanol–water partition coefficient (Wildman–Crippen LogP) is 1.67. The third-order valence-corrected chi connectivity index (χ3v) is 2.03. The molecule has 0 unspecified atom stereocenters. The maximum atomic E-state index is 9.24. The lowest BCUT2D eigenvalue weighted by Gasteiger charge is -2.02. The Hall–Kier alpha value is -1.81. The SMILES string of the molecule is Oc1cccc(CNCc2ccno2)c1. The Balaban J connectivity index is 1.83. The van der Waals surface area contributed by atoms with Crippen LogP contribution in [0.5, 0.6) is 5.75 Å². The van der Waals surface area contributed by atoms with Crippen LogP contribution in [-0.2, 0) is 13.1 Å². The van der Waals surface area contributed by atoms with Gasteiger partial charge < -0.3 is 14.9 Å². The number of aromatic nitrogens is 1. The predicted molar refractivity (Wildman–Crippen MR) is 55.2 cm³/mol. The molecule has 15 heavy (non-hydrogen) atoms. The van der Waals surface area contributed by atoms with Crippen molar-refractivity contribution in [3.8, 4) is 5.75 Å². The maximum absolute atomic E-state index is 9.24. The molecule has 2 aromatic rings. The Morgan fingerprint density at radius 2 is 2.20 bits per heavy atom. The molecule has 1 heterocycles. The second kappa shape index (κ2) is 4.61. The van der Waals surface area contributed by atoms with Gasteiger partial charge in [-0.25, -0.2) is 0 Å². The van der Waals surface area contributed by atoms with Gasteiger partial charge in [0.15, 0.2) is 0 Å². The molecular weight excluding hydrogens is 192 g/mol. The van der Waals surface area contributed by atoms with Crippen LogP contribution in [0, 0.1) is 0 Å². The van der Waals surface area contributed by atoms with Crippen molar-refractivity contribution in [2.45, 2.75) is 13.1 Å². The third kappa shape index (κ3) is 2.82. The highest BCUT2D eigenvalue weighted by Gasteiger charge is 1.97. The first-order valence-corrected chi connectivity index (χ1v) is 4.73. The van der Waals surface area contributed by atoms with E-state index in [0.29, 0.717) is 13.1 Å². The fraction of sp³-hybridized carbons (Fsp3) is 0.182. The summed E-state index contributed by atoms with van der Waals surface area (Å²) >= 11 is 0. The highest BCUT2D eigenvalue weighted by Crippen LogP contribution is 2.10. The average Bonchev–Trinajstić information content (AvgIpc) is 2.71. The van der Waals surface area contributed by atoms with Crippen LogP contribution in [0.2, 0.25) is 0 Å². The second-order valence-corrected chi connectivity index (χ2v) is 3.25. The number of phenolic OH excluding ortho intramolecular Hbond substituents is 1. The molecule has 0 aliphatic carbocycles. The standard InChI is InChI=1S/C11H12N2O2/c14-10-3-1-2-9(6-10)7-12-8-11-4-5-13-15-11/h1-6,12,14H,7-8H2. The van der Waals surface area contributed by atoms with Gasteiger partial charge in [0.2, 0.25) is 0 Å². The Kier molecular flexibility index (Phi) is 2.99. The Labute approximate surface area is 87.5 Å². The molecule has 0 bridgehead atoms. The van der Waals surface area contributed by atoms with Gasteiger partial charge in [-0.05, 0) is 17.7 Å². The van der Waals surface area contributed by atoms with Gasteiger partial charge in [-0.3, -0.25) is 0 Å². The smallest absolute Gasteiger partial charge is 0.150 e. The fourth-order valence-electron chi connectivity index (χ4n) is 1.33. The van der Waals surface area contributed by atoms with Crippen LogP contribution in [-0.4, -0.2) is 10.3 Å². The summed E-state index contributed by atoms with van der Waals surface area (Å²) in [6.45, 7) is 1.32. The molecule has 1 aromatic heterocycles. The van der Waals surface area contributed by atoms with Crippen LogP contribution < -0.4 is 5.32 Å². The lowest BCUT2D eigenvalue weighted by molar-refractivity contribution is 0.372. The van der Waals surface area contributed by atoms with Crippen molar-refractivity contribution in [1.29, 1.82) is 0 Å². The second-order valence-electron chi connectivity index (χ2n) is 3.25. The van der Waals surface area contributed by atoms with Crippen LogP contribution in [0.25, 0.3) is 0 Å². The molecule has 0 aliphatic heterocycles. The summed E-state index contributed by atoms with van der Waals surface area (Å²) in [5, 5.41) is 16.0. The quantitative estimate of drug-likeness (QED) is 0.795. The Morgan fingerprint density at radius 3 is 2.93 bits per heavy atom. The van der Waals surface area contributed by atoms with Crippen molar-refractivity contribution in [2.75, 3.05) is 0 Å². The Morgan fingerprint density at radius 1 is 1.27 bits per heavy atom. The highest BCUT2D eigenvalue weighted by atomic mass is 16.5. The van der Waals surface area contributed by atoms with Gasteiger partial charge >= 0.3 is 0 Å². The summed E-state index contributed by atoms with van der Waals surface area (Å²) in [7, 11) is 0. The van der Waals surface area contributed by atoms with Gasteiger partial charge in [-0.15, -0.1) is 0 Å². The van der Waals surface area contributed by atoms with Gasteiger partial charge in [0.25, 0.3) is 0 Å². The van der Waals surface area contributed by atoms with E-state index in [2.05, 4.69) is 10.5 Å². The number of nitrogens with zero attached hydrogens (tertiary/aromatic N) is 1. The molecule has 0 atom stereocenters. The molecule has 0 amide bonds. The van der Waals surface area contributed by atoms with Crippen molar-refractivity contribution in [3.05, 3.63) is 47.9 Å². The molecule has 0 fully saturated rings. The summed E-state index contributed by atoms with van der Waals surface area (Å²) in [5.41, 5.74) is 1.04. The molecule has 4 nitrogen and oxygen atoms in total. The van der Waals surface area contributed by atoms with Crippen molar-refractivity contribution in [3.63, 3.8) is 0 Å². The van der Waals surface area contributed by atoms with Gasteiger partial charge in [0.05, 0.1) is 12.7 Å². The average molecular weight is 204 g/mol. The minimum absolute atomic E-state index is 0.286. The summed E-state index contributed by atoms with van der Waals surface area (Å²) in [4.78, 5) is 0. The molecule has 0 spiro atoms. The molecule has 78 valence electrons. The number of phenols is 1. The molecule has 0 radical (unpaired) electrons. The molecule has 2 rings (SSSR count). The van der Waals surface area contributed by atoms with Crippen molar-refractivity contribution < 1.29 is 9.63 Å². The highest BCUT2D eigenvalue weighted by molar-refractivity contribution is 5.26. The summed E-state index contributed by atoms with van der Waals surface area (Å²) < 4.78 is 4.93. The number of hydrogen-bond donors (Lipinski definition) is 2. The first kappa shape index (κ1) is 9.73. The number of benzene rings is 1. The lowest BCUT2D eigenvalue weighted by Crippen LogP contribution is -2.11. The third-order valence-electron chi connectivity index (χ3n) is 2.03. The monoisotopic (exact) mass is 204 g/mol. The molecule has 2 N–H and O–H groups in total. The van der Waals surface area contributed by atoms with Crippen LogP contribution >= 0.6 is 0 Å². The minimum Gasteiger partial charge on any atom is -0.508 e. The van der Waals surface area contributed by atoms with Crippen molar-refractivity contribution in [2.24, 2.45) is 0 Å². The lowest BCUT2D eigenvalue weighted by atomic mass is 10.2. The number of hydrogen-bond acceptors (Lipinski definition) is 4. The zero-order valence-electron chi connectivity index (χ0n) is 8.18. The fourth-order valence-corrected chi connectivity index (χ4v) is 1.33. The van der Waals surface area contributed by atoms with E-state index in [9.17, 15) is 5.11 Å². The maximum Gasteiger partial charge on any atom is 0.150 e. The van der Waals surface area contributed by atoms with Crippen LogP contribution in [0.4, 0.5) is 0 Å². The molecule has 0 aliphatic rings. The van der Waals surface area contributed by atoms with Gasteiger partial charge in [0, 0.05) is 12.6 Å². The minimum atomic E-state index is 0.286. The largest absolute Gasteiger partial charge is 0.508 e. The first-order valence-electron chi connectivity index (χ1n) is 4.73. The zero-order valence-corrected chi connectivity index (χ0v) is 8.18. The normalized spacial score (nSPS) is 10.4. The van der Waals surface area contributed by atoms with Crippen molar-refractivity contribution >= 4 is 0 Å². The van der Waals surface area contributed by atoms with E-state index in [0.717, 1.165) is 11.3 Å². The molecular formula is C11H12N2O2. The van der Waals surface area contributed by atoms with E-state index >= 15 is 0 Å². The van der Waals surface area contributed by atoms with E-state index in [-0.39, 0.29) is 5.75 Å². The van der Waals surface area contributed by atoms with Crippen LogP contribution in [0.15, 0.2) is 41.1 Å².